The van der Waals surface area contributed by atoms with Crippen molar-refractivity contribution in [2.75, 3.05) is 0 Å². The lowest BCUT2D eigenvalue weighted by atomic mass is 10.1. The molecule has 0 saturated heterocycles. The molecule has 0 aliphatic heterocycles. The summed E-state index contributed by atoms with van der Waals surface area (Å²) in [5, 5.41) is 1.76. The van der Waals surface area contributed by atoms with Gasteiger partial charge in [-0.25, -0.2) is 4.39 Å². The number of halogens is 1. The molecule has 2 rings (SSSR count). The van der Waals surface area contributed by atoms with E-state index in [9.17, 15) is 9.18 Å². The third kappa shape index (κ3) is 3.55. The highest BCUT2D eigenvalue weighted by atomic mass is 32.2. The van der Waals surface area contributed by atoms with Crippen LogP contribution in [0.1, 0.15) is 15.2 Å². The van der Waals surface area contributed by atoms with E-state index in [-0.39, 0.29) is 11.6 Å². The minimum absolute atomic E-state index is 0.115. The van der Waals surface area contributed by atoms with E-state index in [4.69, 9.17) is 0 Å². The van der Waals surface area contributed by atoms with E-state index < -0.39 is 0 Å². The molecular weight excluding hydrogens is 267 g/mol. The van der Waals surface area contributed by atoms with Crippen LogP contribution >= 0.6 is 23.1 Å². The molecule has 0 unspecified atom stereocenters. The normalized spacial score (nSPS) is 11.0. The Morgan fingerprint density at radius 3 is 2.56 bits per heavy atom. The Morgan fingerprint density at radius 2 is 1.94 bits per heavy atom. The Labute approximate surface area is 113 Å². The van der Waals surface area contributed by atoms with Crippen LogP contribution in [0.15, 0.2) is 52.1 Å². The van der Waals surface area contributed by atoms with Gasteiger partial charge < -0.3 is 0 Å². The molecule has 0 aliphatic carbocycles. The molecule has 0 N–H and O–H groups in total. The molecule has 0 atom stereocenters. The van der Waals surface area contributed by atoms with E-state index in [0.29, 0.717) is 5.56 Å². The predicted molar refractivity (Wildman–Crippen MR) is 74.8 cm³/mol. The summed E-state index contributed by atoms with van der Waals surface area (Å²) in [6.45, 7) is 2.04. The third-order valence-electron chi connectivity index (χ3n) is 2.25. The number of hydrogen-bond acceptors (Lipinski definition) is 3. The second-order valence-corrected chi connectivity index (χ2v) is 6.15. The molecule has 0 amide bonds. The van der Waals surface area contributed by atoms with Crippen LogP contribution in [0, 0.1) is 12.7 Å². The fourth-order valence-electron chi connectivity index (χ4n) is 1.35. The number of carbonyl (C=O) groups is 1. The highest BCUT2D eigenvalue weighted by Gasteiger charge is 2.01. The standard InChI is InChI=1S/C14H11FOS2/c1-10-2-7-14(18-10)17-9-8-13(16)11-3-5-12(15)6-4-11/h2-9H,1H3/b9-8+. The van der Waals surface area contributed by atoms with Gasteiger partial charge in [-0.3, -0.25) is 4.79 Å². The van der Waals surface area contributed by atoms with Gasteiger partial charge in [0.2, 0.25) is 0 Å². The minimum atomic E-state index is -0.334. The van der Waals surface area contributed by atoms with Crippen molar-refractivity contribution >= 4 is 28.9 Å². The van der Waals surface area contributed by atoms with Crippen molar-refractivity contribution in [2.45, 2.75) is 11.1 Å². The summed E-state index contributed by atoms with van der Waals surface area (Å²) in [7, 11) is 0. The minimum Gasteiger partial charge on any atom is -0.289 e. The average Bonchev–Trinajstić information content (AvgIpc) is 2.76. The maximum atomic E-state index is 12.7. The van der Waals surface area contributed by atoms with Crippen LogP contribution in [-0.2, 0) is 0 Å². The zero-order valence-electron chi connectivity index (χ0n) is 9.72. The van der Waals surface area contributed by atoms with Gasteiger partial charge in [0.1, 0.15) is 5.82 Å². The highest BCUT2D eigenvalue weighted by molar-refractivity contribution is 8.03. The first kappa shape index (κ1) is 13.1. The highest BCUT2D eigenvalue weighted by Crippen LogP contribution is 2.27. The fraction of sp³-hybridized carbons (Fsp3) is 0.0714. The molecule has 0 aliphatic rings. The van der Waals surface area contributed by atoms with Crippen LogP contribution in [0.25, 0.3) is 0 Å². The molecular formula is C14H11FOS2. The van der Waals surface area contributed by atoms with Crippen LogP contribution in [0.3, 0.4) is 0 Å². The molecule has 1 aromatic heterocycles. The summed E-state index contributed by atoms with van der Waals surface area (Å²) in [5.74, 6) is -0.449. The largest absolute Gasteiger partial charge is 0.289 e. The topological polar surface area (TPSA) is 17.1 Å². The molecule has 4 heteroatoms. The molecule has 2 aromatic rings. The van der Waals surface area contributed by atoms with Gasteiger partial charge in [-0.2, -0.15) is 0 Å². The summed E-state index contributed by atoms with van der Waals surface area (Å²) in [6.07, 6.45) is 1.51. The second kappa shape index (κ2) is 5.98. The van der Waals surface area contributed by atoms with Crippen molar-refractivity contribution < 1.29 is 9.18 Å². The van der Waals surface area contributed by atoms with E-state index in [2.05, 4.69) is 0 Å². The van der Waals surface area contributed by atoms with E-state index in [0.717, 1.165) is 4.21 Å². The summed E-state index contributed by atoms with van der Waals surface area (Å²) in [5.41, 5.74) is 0.496. The fourth-order valence-corrected chi connectivity index (χ4v) is 3.16. The molecule has 1 heterocycles. The molecule has 1 aromatic carbocycles. The van der Waals surface area contributed by atoms with Crippen LogP contribution in [0.5, 0.6) is 0 Å². The molecule has 0 fully saturated rings. The Balaban J connectivity index is 1.97. The Hall–Kier alpha value is -1.39. The number of ketones is 1. The van der Waals surface area contributed by atoms with Crippen molar-refractivity contribution in [3.05, 3.63) is 64.1 Å². The summed E-state index contributed by atoms with van der Waals surface area (Å²) in [6, 6.07) is 9.62. The first-order valence-corrected chi connectivity index (χ1v) is 7.04. The maximum Gasteiger partial charge on any atom is 0.186 e. The quantitative estimate of drug-likeness (QED) is 0.459. The SMILES string of the molecule is Cc1ccc(S/C=C/C(=O)c2ccc(F)cc2)s1. The number of thioether (sulfide) groups is 1. The maximum absolute atomic E-state index is 12.7. The van der Waals surface area contributed by atoms with Crippen LogP contribution in [0.2, 0.25) is 0 Å². The van der Waals surface area contributed by atoms with Gasteiger partial charge in [0, 0.05) is 10.4 Å². The average molecular weight is 278 g/mol. The zero-order valence-corrected chi connectivity index (χ0v) is 11.4. The molecule has 1 nitrogen and oxygen atoms in total. The van der Waals surface area contributed by atoms with Gasteiger partial charge in [0.05, 0.1) is 4.21 Å². The number of carbonyl (C=O) groups excluding carboxylic acids is 1. The number of rotatable bonds is 4. The number of allylic oxidation sites excluding steroid dienone is 1. The van der Waals surface area contributed by atoms with Gasteiger partial charge >= 0.3 is 0 Å². The molecule has 92 valence electrons. The second-order valence-electron chi connectivity index (χ2n) is 3.66. The van der Waals surface area contributed by atoms with Crippen LogP contribution in [0.4, 0.5) is 4.39 Å². The monoisotopic (exact) mass is 278 g/mol. The van der Waals surface area contributed by atoms with E-state index in [1.807, 2.05) is 19.1 Å². The number of aryl methyl sites for hydroxylation is 1. The number of thiophene rings is 1. The molecule has 0 spiro atoms. The lowest BCUT2D eigenvalue weighted by Crippen LogP contribution is -1.93. The molecule has 0 bridgehead atoms. The molecule has 18 heavy (non-hydrogen) atoms. The van der Waals surface area contributed by atoms with E-state index >= 15 is 0 Å². The van der Waals surface area contributed by atoms with Crippen molar-refractivity contribution in [3.8, 4) is 0 Å². The number of benzene rings is 1. The Bertz CT molecular complexity index is 570. The van der Waals surface area contributed by atoms with Gasteiger partial charge in [-0.1, -0.05) is 11.8 Å². The van der Waals surface area contributed by atoms with Crippen molar-refractivity contribution in [3.63, 3.8) is 0 Å². The Morgan fingerprint density at radius 1 is 1.22 bits per heavy atom. The molecule has 0 radical (unpaired) electrons. The van der Waals surface area contributed by atoms with Gasteiger partial charge in [0.15, 0.2) is 5.78 Å². The summed E-state index contributed by atoms with van der Waals surface area (Å²) >= 11 is 3.20. The van der Waals surface area contributed by atoms with Crippen molar-refractivity contribution in [1.29, 1.82) is 0 Å². The Kier molecular flexibility index (Phi) is 4.33. The third-order valence-corrected chi connectivity index (χ3v) is 4.22. The van der Waals surface area contributed by atoms with Gasteiger partial charge in [-0.15, -0.1) is 11.3 Å². The summed E-state index contributed by atoms with van der Waals surface area (Å²) in [4.78, 5) is 13.0. The molecule has 0 saturated carbocycles. The van der Waals surface area contributed by atoms with Crippen molar-refractivity contribution in [2.24, 2.45) is 0 Å². The van der Waals surface area contributed by atoms with Gasteiger partial charge in [0.25, 0.3) is 0 Å². The van der Waals surface area contributed by atoms with Gasteiger partial charge in [-0.05, 0) is 54.8 Å². The van der Waals surface area contributed by atoms with Crippen LogP contribution in [-0.4, -0.2) is 5.78 Å². The van der Waals surface area contributed by atoms with Crippen LogP contribution < -0.4 is 0 Å². The lowest BCUT2D eigenvalue weighted by molar-refractivity contribution is 0.104. The lowest BCUT2D eigenvalue weighted by Gasteiger charge is -1.94. The first-order chi connectivity index (χ1) is 8.65. The van der Waals surface area contributed by atoms with Crippen molar-refractivity contribution in [1.82, 2.24) is 0 Å². The number of hydrogen-bond donors (Lipinski definition) is 0. The van der Waals surface area contributed by atoms with E-state index in [1.54, 1.807) is 16.7 Å². The predicted octanol–water partition coefficient (Wildman–Crippen LogP) is 4.68. The smallest absolute Gasteiger partial charge is 0.186 e. The summed E-state index contributed by atoms with van der Waals surface area (Å²) < 4.78 is 13.8. The first-order valence-electron chi connectivity index (χ1n) is 5.35. The van der Waals surface area contributed by atoms with E-state index in [1.165, 1.54) is 47.0 Å². The zero-order chi connectivity index (χ0) is 13.0.